The lowest BCUT2D eigenvalue weighted by Gasteiger charge is -2.29. The third-order valence-electron chi connectivity index (χ3n) is 3.77. The average molecular weight is 360 g/mol. The zero-order valence-electron chi connectivity index (χ0n) is 14.3. The van der Waals surface area contributed by atoms with Gasteiger partial charge in [-0.25, -0.2) is 18.1 Å². The van der Waals surface area contributed by atoms with Gasteiger partial charge in [-0.15, -0.1) is 0 Å². The van der Waals surface area contributed by atoms with Gasteiger partial charge in [0.2, 0.25) is 0 Å². The lowest BCUT2D eigenvalue weighted by molar-refractivity contribution is 0.152. The second-order valence-electron chi connectivity index (χ2n) is 6.25. The molecule has 3 rings (SSSR count). The van der Waals surface area contributed by atoms with Crippen molar-refractivity contribution in [1.82, 2.24) is 9.71 Å². The standard InChI is InChI=1S/C18H20N2O4S/c1-18(2)8-7-14-10-13(11-15(23-3)17(14)24-18)12-20-25(21,22)16-6-4-5-9-19-16/h4-11,20H,12H2,1-3H3. The van der Waals surface area contributed by atoms with E-state index in [-0.39, 0.29) is 11.6 Å². The number of hydrogen-bond donors (Lipinski definition) is 1. The summed E-state index contributed by atoms with van der Waals surface area (Å²) in [5, 5.41) is -0.00935. The van der Waals surface area contributed by atoms with Gasteiger partial charge in [0.15, 0.2) is 16.5 Å². The molecule has 0 bridgehead atoms. The zero-order chi connectivity index (χ0) is 18.1. The number of sulfonamides is 1. The highest BCUT2D eigenvalue weighted by molar-refractivity contribution is 7.89. The molecule has 2 heterocycles. The molecule has 0 saturated heterocycles. The molecule has 6 nitrogen and oxygen atoms in total. The summed E-state index contributed by atoms with van der Waals surface area (Å²) in [6, 6.07) is 8.41. The van der Waals surface area contributed by atoms with Crippen molar-refractivity contribution in [2.45, 2.75) is 31.0 Å². The van der Waals surface area contributed by atoms with Gasteiger partial charge in [0.05, 0.1) is 7.11 Å². The molecule has 1 aliphatic rings. The van der Waals surface area contributed by atoms with Gasteiger partial charge in [-0.3, -0.25) is 0 Å². The zero-order valence-corrected chi connectivity index (χ0v) is 15.1. The molecular formula is C18H20N2O4S. The van der Waals surface area contributed by atoms with Crippen LogP contribution in [0.25, 0.3) is 6.08 Å². The highest BCUT2D eigenvalue weighted by Gasteiger charge is 2.25. The van der Waals surface area contributed by atoms with E-state index in [0.717, 1.165) is 11.1 Å². The van der Waals surface area contributed by atoms with Crippen molar-refractivity contribution in [3.8, 4) is 11.5 Å². The van der Waals surface area contributed by atoms with Crippen molar-refractivity contribution in [3.63, 3.8) is 0 Å². The van der Waals surface area contributed by atoms with E-state index in [1.54, 1.807) is 25.3 Å². The number of aromatic nitrogens is 1. The van der Waals surface area contributed by atoms with E-state index in [1.165, 1.54) is 12.3 Å². The molecule has 0 amide bonds. The molecule has 132 valence electrons. The molecule has 0 spiro atoms. The van der Waals surface area contributed by atoms with Crippen LogP contribution < -0.4 is 14.2 Å². The predicted molar refractivity (Wildman–Crippen MR) is 95.0 cm³/mol. The Morgan fingerprint density at radius 3 is 2.76 bits per heavy atom. The lowest BCUT2D eigenvalue weighted by Crippen LogP contribution is -2.28. The second-order valence-corrected chi connectivity index (χ2v) is 7.96. The largest absolute Gasteiger partial charge is 0.493 e. The van der Waals surface area contributed by atoms with Gasteiger partial charge in [0, 0.05) is 18.3 Å². The summed E-state index contributed by atoms with van der Waals surface area (Å²) in [6.45, 7) is 4.04. The Morgan fingerprint density at radius 2 is 2.08 bits per heavy atom. The topological polar surface area (TPSA) is 77.5 Å². The highest BCUT2D eigenvalue weighted by atomic mass is 32.2. The van der Waals surface area contributed by atoms with Gasteiger partial charge in [-0.05, 0) is 49.8 Å². The lowest BCUT2D eigenvalue weighted by atomic mass is 10.00. The van der Waals surface area contributed by atoms with Gasteiger partial charge < -0.3 is 9.47 Å². The van der Waals surface area contributed by atoms with Crippen LogP contribution in [-0.2, 0) is 16.6 Å². The molecule has 0 fully saturated rings. The molecule has 7 heteroatoms. The SMILES string of the molecule is COc1cc(CNS(=O)(=O)c2ccccn2)cc2c1OC(C)(C)C=C2. The van der Waals surface area contributed by atoms with E-state index in [9.17, 15) is 8.42 Å². The van der Waals surface area contributed by atoms with Crippen LogP contribution in [0, 0.1) is 0 Å². The number of pyridine rings is 1. The van der Waals surface area contributed by atoms with Crippen molar-refractivity contribution < 1.29 is 17.9 Å². The maximum absolute atomic E-state index is 12.3. The fourth-order valence-corrected chi connectivity index (χ4v) is 3.48. The van der Waals surface area contributed by atoms with Crippen LogP contribution in [0.1, 0.15) is 25.0 Å². The molecule has 0 atom stereocenters. The Labute approximate surface area is 147 Å². The summed E-state index contributed by atoms with van der Waals surface area (Å²) < 4.78 is 38.5. The first kappa shape index (κ1) is 17.4. The summed E-state index contributed by atoms with van der Waals surface area (Å²) in [5.74, 6) is 1.23. The Hall–Kier alpha value is -2.38. The molecule has 1 N–H and O–H groups in total. The van der Waals surface area contributed by atoms with E-state index in [4.69, 9.17) is 9.47 Å². The fraction of sp³-hybridized carbons (Fsp3) is 0.278. The number of fused-ring (bicyclic) bond motifs is 1. The monoisotopic (exact) mass is 360 g/mol. The van der Waals surface area contributed by atoms with E-state index in [0.29, 0.717) is 11.5 Å². The minimum Gasteiger partial charge on any atom is -0.493 e. The maximum atomic E-state index is 12.3. The van der Waals surface area contributed by atoms with Gasteiger partial charge in [-0.2, -0.15) is 0 Å². The van der Waals surface area contributed by atoms with Crippen molar-refractivity contribution in [3.05, 3.63) is 53.7 Å². The van der Waals surface area contributed by atoms with Crippen molar-refractivity contribution >= 4 is 16.1 Å². The summed E-state index contributed by atoms with van der Waals surface area (Å²) in [5.41, 5.74) is 1.20. The number of methoxy groups -OCH3 is 1. The quantitative estimate of drug-likeness (QED) is 0.887. The predicted octanol–water partition coefficient (Wildman–Crippen LogP) is 2.75. The Morgan fingerprint density at radius 1 is 1.28 bits per heavy atom. The number of hydrogen-bond acceptors (Lipinski definition) is 5. The Kier molecular flexibility index (Phi) is 4.53. The summed E-state index contributed by atoms with van der Waals surface area (Å²) in [7, 11) is -2.11. The maximum Gasteiger partial charge on any atom is 0.258 e. The molecular weight excluding hydrogens is 340 g/mol. The number of benzene rings is 1. The molecule has 0 radical (unpaired) electrons. The number of rotatable bonds is 5. The van der Waals surface area contributed by atoms with E-state index in [2.05, 4.69) is 9.71 Å². The summed E-state index contributed by atoms with van der Waals surface area (Å²) >= 11 is 0. The van der Waals surface area contributed by atoms with Crippen LogP contribution in [0.2, 0.25) is 0 Å². The van der Waals surface area contributed by atoms with Crippen LogP contribution in [-0.4, -0.2) is 26.1 Å². The molecule has 25 heavy (non-hydrogen) atoms. The molecule has 1 aliphatic heterocycles. The second kappa shape index (κ2) is 6.50. The molecule has 2 aromatic rings. The summed E-state index contributed by atoms with van der Waals surface area (Å²) in [6.07, 6.45) is 5.36. The molecule has 1 aromatic heterocycles. The first-order valence-electron chi connectivity index (χ1n) is 7.81. The first-order chi connectivity index (χ1) is 11.8. The fourth-order valence-electron chi connectivity index (χ4n) is 2.52. The van der Waals surface area contributed by atoms with E-state index >= 15 is 0 Å². The molecule has 0 aliphatic carbocycles. The van der Waals surface area contributed by atoms with Crippen molar-refractivity contribution in [1.29, 1.82) is 0 Å². The third-order valence-corrected chi connectivity index (χ3v) is 5.09. The molecule has 0 unspecified atom stereocenters. The molecule has 1 aromatic carbocycles. The van der Waals surface area contributed by atoms with Crippen molar-refractivity contribution in [2.24, 2.45) is 0 Å². The van der Waals surface area contributed by atoms with Gasteiger partial charge in [0.1, 0.15) is 5.60 Å². The minimum absolute atomic E-state index is 0.00935. The van der Waals surface area contributed by atoms with Crippen LogP contribution in [0.15, 0.2) is 47.6 Å². The molecule has 0 saturated carbocycles. The number of nitrogens with one attached hydrogen (secondary N) is 1. The van der Waals surface area contributed by atoms with Crippen molar-refractivity contribution in [2.75, 3.05) is 7.11 Å². The smallest absolute Gasteiger partial charge is 0.258 e. The average Bonchev–Trinajstić information content (AvgIpc) is 2.60. The first-order valence-corrected chi connectivity index (χ1v) is 9.29. The highest BCUT2D eigenvalue weighted by Crippen LogP contribution is 2.39. The van der Waals surface area contributed by atoms with Gasteiger partial charge in [0.25, 0.3) is 10.0 Å². The summed E-state index contributed by atoms with van der Waals surface area (Å²) in [4.78, 5) is 3.88. The van der Waals surface area contributed by atoms with Crippen LogP contribution in [0.5, 0.6) is 11.5 Å². The van der Waals surface area contributed by atoms with Crippen LogP contribution in [0.3, 0.4) is 0 Å². The number of nitrogens with zero attached hydrogens (tertiary/aromatic N) is 1. The van der Waals surface area contributed by atoms with E-state index in [1.807, 2.05) is 32.1 Å². The van der Waals surface area contributed by atoms with Gasteiger partial charge >= 0.3 is 0 Å². The normalized spacial score (nSPS) is 15.3. The Bertz CT molecular complexity index is 906. The van der Waals surface area contributed by atoms with Crippen LogP contribution in [0.4, 0.5) is 0 Å². The van der Waals surface area contributed by atoms with Crippen LogP contribution >= 0.6 is 0 Å². The minimum atomic E-state index is -3.67. The van der Waals surface area contributed by atoms with Gasteiger partial charge in [-0.1, -0.05) is 12.1 Å². The van der Waals surface area contributed by atoms with E-state index < -0.39 is 15.6 Å². The third kappa shape index (κ3) is 3.83. The Balaban J connectivity index is 1.85. The number of ether oxygens (including phenoxy) is 2.